The molecule has 0 spiro atoms. The maximum Gasteiger partial charge on any atom is 0.319 e. The van der Waals surface area contributed by atoms with Gasteiger partial charge >= 0.3 is 6.03 Å². The first-order chi connectivity index (χ1) is 8.16. The van der Waals surface area contributed by atoms with Crippen LogP contribution in [-0.2, 0) is 0 Å². The van der Waals surface area contributed by atoms with Crippen LogP contribution in [0.2, 0.25) is 0 Å². The number of para-hydroxylation sites is 1. The number of carbonyl (C=O) groups excluding carboxylic acids is 1. The van der Waals surface area contributed by atoms with E-state index >= 15 is 0 Å². The molecule has 0 saturated heterocycles. The summed E-state index contributed by atoms with van der Waals surface area (Å²) >= 11 is 0. The molecule has 94 valence electrons. The first-order valence-corrected chi connectivity index (χ1v) is 6.30. The summed E-state index contributed by atoms with van der Waals surface area (Å²) in [6.07, 6.45) is 4.51. The number of unbranched alkanes of at least 4 members (excludes halogenated alkanes) is 2. The van der Waals surface area contributed by atoms with E-state index < -0.39 is 0 Å². The largest absolute Gasteiger partial charge is 0.351 e. The molecule has 0 aliphatic carbocycles. The molecular formula is C14H22N2O. The van der Waals surface area contributed by atoms with E-state index in [1.165, 1.54) is 12.8 Å². The molecule has 0 radical (unpaired) electrons. The van der Waals surface area contributed by atoms with Crippen molar-refractivity contribution in [2.24, 2.45) is 5.73 Å². The highest BCUT2D eigenvalue weighted by Gasteiger charge is 2.18. The lowest BCUT2D eigenvalue weighted by Crippen LogP contribution is -2.42. The molecule has 0 aliphatic heterocycles. The third-order valence-electron chi connectivity index (χ3n) is 2.94. The van der Waals surface area contributed by atoms with Crippen molar-refractivity contribution >= 4 is 11.7 Å². The van der Waals surface area contributed by atoms with Crippen LogP contribution >= 0.6 is 0 Å². The number of nitrogens with zero attached hydrogens (tertiary/aromatic N) is 1. The molecule has 0 aliphatic rings. The number of hydrogen-bond acceptors (Lipinski definition) is 1. The molecule has 2 N–H and O–H groups in total. The fraction of sp³-hybridized carbons (Fsp3) is 0.500. The number of hydrogen-bond donors (Lipinski definition) is 1. The Morgan fingerprint density at radius 1 is 1.29 bits per heavy atom. The summed E-state index contributed by atoms with van der Waals surface area (Å²) in [6.45, 7) is 4.22. The maximum absolute atomic E-state index is 11.5. The Bertz CT molecular complexity index is 337. The molecule has 0 saturated carbocycles. The molecule has 0 aromatic heterocycles. The minimum atomic E-state index is -0.375. The molecule has 2 amide bonds. The van der Waals surface area contributed by atoms with Gasteiger partial charge in [-0.05, 0) is 25.5 Å². The van der Waals surface area contributed by atoms with Crippen LogP contribution in [0.1, 0.15) is 39.5 Å². The zero-order valence-corrected chi connectivity index (χ0v) is 10.7. The number of carbonyl (C=O) groups is 1. The minimum Gasteiger partial charge on any atom is -0.351 e. The van der Waals surface area contributed by atoms with Gasteiger partial charge in [0.1, 0.15) is 0 Å². The summed E-state index contributed by atoms with van der Waals surface area (Å²) in [4.78, 5) is 13.2. The normalized spacial score (nSPS) is 12.1. The molecule has 0 heterocycles. The number of amides is 2. The molecule has 1 rings (SSSR count). The van der Waals surface area contributed by atoms with Crippen molar-refractivity contribution < 1.29 is 4.79 Å². The first-order valence-electron chi connectivity index (χ1n) is 6.30. The van der Waals surface area contributed by atoms with Gasteiger partial charge in [0.2, 0.25) is 0 Å². The zero-order chi connectivity index (χ0) is 12.7. The number of nitrogens with two attached hydrogens (primary N) is 1. The average Bonchev–Trinajstić information content (AvgIpc) is 2.30. The first kappa shape index (κ1) is 13.6. The molecule has 3 nitrogen and oxygen atoms in total. The Kier molecular flexibility index (Phi) is 5.53. The molecule has 1 aromatic rings. The van der Waals surface area contributed by atoms with Gasteiger partial charge in [0.25, 0.3) is 0 Å². The number of benzene rings is 1. The van der Waals surface area contributed by atoms with Crippen LogP contribution < -0.4 is 10.6 Å². The topological polar surface area (TPSA) is 46.3 Å². The Labute approximate surface area is 104 Å². The van der Waals surface area contributed by atoms with Crippen molar-refractivity contribution in [3.05, 3.63) is 30.3 Å². The highest BCUT2D eigenvalue weighted by Crippen LogP contribution is 2.19. The van der Waals surface area contributed by atoms with Gasteiger partial charge in [-0.2, -0.15) is 0 Å². The van der Waals surface area contributed by atoms with E-state index in [9.17, 15) is 4.79 Å². The summed E-state index contributed by atoms with van der Waals surface area (Å²) in [7, 11) is 0. The van der Waals surface area contributed by atoms with Gasteiger partial charge in [0.05, 0.1) is 0 Å². The van der Waals surface area contributed by atoms with Crippen LogP contribution in [-0.4, -0.2) is 12.1 Å². The Hall–Kier alpha value is -1.51. The molecule has 17 heavy (non-hydrogen) atoms. The fourth-order valence-corrected chi connectivity index (χ4v) is 2.01. The SMILES string of the molecule is CCCCCC(C)N(C(N)=O)c1ccccc1. The van der Waals surface area contributed by atoms with Crippen molar-refractivity contribution in [3.63, 3.8) is 0 Å². The van der Waals surface area contributed by atoms with Crippen LogP contribution in [0.4, 0.5) is 10.5 Å². The number of primary amides is 1. The predicted octanol–water partition coefficient (Wildman–Crippen LogP) is 3.54. The van der Waals surface area contributed by atoms with Gasteiger partial charge < -0.3 is 5.73 Å². The van der Waals surface area contributed by atoms with Crippen molar-refractivity contribution in [1.82, 2.24) is 0 Å². The van der Waals surface area contributed by atoms with Gasteiger partial charge in [-0.1, -0.05) is 44.4 Å². The summed E-state index contributed by atoms with van der Waals surface area (Å²) in [5.74, 6) is 0. The lowest BCUT2D eigenvalue weighted by molar-refractivity contribution is 0.251. The summed E-state index contributed by atoms with van der Waals surface area (Å²) < 4.78 is 0. The highest BCUT2D eigenvalue weighted by atomic mass is 16.2. The number of rotatable bonds is 6. The maximum atomic E-state index is 11.5. The van der Waals surface area contributed by atoms with Crippen molar-refractivity contribution in [2.75, 3.05) is 4.90 Å². The van der Waals surface area contributed by atoms with E-state index in [1.807, 2.05) is 37.3 Å². The van der Waals surface area contributed by atoms with E-state index in [1.54, 1.807) is 4.90 Å². The van der Waals surface area contributed by atoms with E-state index in [-0.39, 0.29) is 12.1 Å². The second-order valence-corrected chi connectivity index (χ2v) is 4.39. The van der Waals surface area contributed by atoms with Crippen LogP contribution in [0.5, 0.6) is 0 Å². The van der Waals surface area contributed by atoms with E-state index in [4.69, 9.17) is 5.73 Å². The van der Waals surface area contributed by atoms with Gasteiger partial charge in [0.15, 0.2) is 0 Å². The van der Waals surface area contributed by atoms with E-state index in [2.05, 4.69) is 6.92 Å². The monoisotopic (exact) mass is 234 g/mol. The van der Waals surface area contributed by atoms with Crippen molar-refractivity contribution in [2.45, 2.75) is 45.6 Å². The number of urea groups is 1. The summed E-state index contributed by atoms with van der Waals surface area (Å²) in [5, 5.41) is 0. The van der Waals surface area contributed by atoms with Crippen LogP contribution in [0.25, 0.3) is 0 Å². The Morgan fingerprint density at radius 3 is 2.47 bits per heavy atom. The average molecular weight is 234 g/mol. The molecule has 1 unspecified atom stereocenters. The molecular weight excluding hydrogens is 212 g/mol. The molecule has 0 fully saturated rings. The van der Waals surface area contributed by atoms with Crippen molar-refractivity contribution in [3.8, 4) is 0 Å². The quantitative estimate of drug-likeness (QED) is 0.752. The van der Waals surface area contributed by atoms with Gasteiger partial charge in [-0.15, -0.1) is 0 Å². The van der Waals surface area contributed by atoms with Crippen LogP contribution in [0, 0.1) is 0 Å². The molecule has 0 bridgehead atoms. The molecule has 3 heteroatoms. The second kappa shape index (κ2) is 6.94. The van der Waals surface area contributed by atoms with E-state index in [0.29, 0.717) is 0 Å². The Balaban J connectivity index is 2.69. The second-order valence-electron chi connectivity index (χ2n) is 4.39. The summed E-state index contributed by atoms with van der Waals surface area (Å²) in [6, 6.07) is 9.39. The van der Waals surface area contributed by atoms with Gasteiger partial charge in [-0.25, -0.2) is 4.79 Å². The lowest BCUT2D eigenvalue weighted by atomic mass is 10.1. The minimum absolute atomic E-state index is 0.154. The van der Waals surface area contributed by atoms with Gasteiger partial charge in [-0.3, -0.25) is 4.90 Å². The standard InChI is InChI=1S/C14H22N2O/c1-3-4-6-9-12(2)16(14(15)17)13-10-7-5-8-11-13/h5,7-8,10-12H,3-4,6,9H2,1-2H3,(H2,15,17). The van der Waals surface area contributed by atoms with Crippen molar-refractivity contribution in [1.29, 1.82) is 0 Å². The van der Waals surface area contributed by atoms with E-state index in [0.717, 1.165) is 18.5 Å². The van der Waals surface area contributed by atoms with Gasteiger partial charge in [0, 0.05) is 11.7 Å². The highest BCUT2D eigenvalue weighted by molar-refractivity contribution is 5.91. The van der Waals surface area contributed by atoms with Crippen LogP contribution in [0.15, 0.2) is 30.3 Å². The van der Waals surface area contributed by atoms with Crippen LogP contribution in [0.3, 0.4) is 0 Å². The smallest absolute Gasteiger partial charge is 0.319 e. The summed E-state index contributed by atoms with van der Waals surface area (Å²) in [5.41, 5.74) is 6.34. The third kappa shape index (κ3) is 4.10. The zero-order valence-electron chi connectivity index (χ0n) is 10.7. The predicted molar refractivity (Wildman–Crippen MR) is 72.1 cm³/mol. The Morgan fingerprint density at radius 2 is 1.94 bits per heavy atom. The molecule has 1 atom stereocenters. The lowest BCUT2D eigenvalue weighted by Gasteiger charge is -2.27. The molecule has 1 aromatic carbocycles. The number of anilines is 1. The third-order valence-corrected chi connectivity index (χ3v) is 2.94. The fourth-order valence-electron chi connectivity index (χ4n) is 2.01.